The number of carboxylic acids is 1. The molecule has 0 radical (unpaired) electrons. The summed E-state index contributed by atoms with van der Waals surface area (Å²) in [6, 6.07) is 6.08. The van der Waals surface area contributed by atoms with Gasteiger partial charge in [0.1, 0.15) is 16.2 Å². The number of rotatable bonds is 7. The molecule has 1 aromatic rings. The SMILES string of the molecule is CCC(CC)(NS(=O)(=O)c1ccccc1OC)C(=O)O. The second kappa shape index (κ2) is 6.23. The molecule has 0 unspecified atom stereocenters. The smallest absolute Gasteiger partial charge is 0.324 e. The van der Waals surface area contributed by atoms with Crippen LogP contribution in [0, 0.1) is 0 Å². The molecule has 0 aliphatic heterocycles. The highest BCUT2D eigenvalue weighted by Gasteiger charge is 2.39. The molecule has 1 aromatic carbocycles. The van der Waals surface area contributed by atoms with E-state index in [-0.39, 0.29) is 23.5 Å². The number of hydrogen-bond donors (Lipinski definition) is 2. The Bertz CT molecular complexity index is 578. The Morgan fingerprint density at radius 3 is 2.30 bits per heavy atom. The fourth-order valence-corrected chi connectivity index (χ4v) is 3.57. The van der Waals surface area contributed by atoms with Crippen molar-refractivity contribution in [1.29, 1.82) is 0 Å². The topological polar surface area (TPSA) is 92.7 Å². The van der Waals surface area contributed by atoms with Crippen LogP contribution in [0.15, 0.2) is 29.2 Å². The van der Waals surface area contributed by atoms with Gasteiger partial charge in [-0.25, -0.2) is 8.42 Å². The van der Waals surface area contributed by atoms with Gasteiger partial charge >= 0.3 is 5.97 Å². The second-order valence-corrected chi connectivity index (χ2v) is 6.00. The summed E-state index contributed by atoms with van der Waals surface area (Å²) in [5.41, 5.74) is -1.51. The third-order valence-corrected chi connectivity index (χ3v) is 4.88. The van der Waals surface area contributed by atoms with Crippen LogP contribution in [-0.4, -0.2) is 32.1 Å². The van der Waals surface area contributed by atoms with Crippen LogP contribution in [-0.2, 0) is 14.8 Å². The Labute approximate surface area is 118 Å². The van der Waals surface area contributed by atoms with Crippen LogP contribution in [0.3, 0.4) is 0 Å². The van der Waals surface area contributed by atoms with E-state index in [2.05, 4.69) is 4.72 Å². The number of aliphatic carboxylic acids is 1. The average molecular weight is 301 g/mol. The average Bonchev–Trinajstić information content (AvgIpc) is 2.44. The number of sulfonamides is 1. The molecule has 0 atom stereocenters. The lowest BCUT2D eigenvalue weighted by Crippen LogP contribution is -2.53. The Morgan fingerprint density at radius 2 is 1.85 bits per heavy atom. The fourth-order valence-electron chi connectivity index (χ4n) is 1.89. The lowest BCUT2D eigenvalue weighted by atomic mass is 9.95. The number of benzene rings is 1. The molecule has 0 saturated carbocycles. The van der Waals surface area contributed by atoms with Crippen molar-refractivity contribution in [2.75, 3.05) is 7.11 Å². The van der Waals surface area contributed by atoms with Gasteiger partial charge in [-0.05, 0) is 25.0 Å². The first kappa shape index (κ1) is 16.5. The first-order chi connectivity index (χ1) is 9.33. The zero-order chi connectivity index (χ0) is 15.4. The molecule has 0 heterocycles. The minimum absolute atomic E-state index is 0.0741. The van der Waals surface area contributed by atoms with Gasteiger partial charge in [0.25, 0.3) is 0 Å². The van der Waals surface area contributed by atoms with Crippen molar-refractivity contribution in [1.82, 2.24) is 4.72 Å². The summed E-state index contributed by atoms with van der Waals surface area (Å²) in [5.74, 6) is -1.02. The van der Waals surface area contributed by atoms with Crippen LogP contribution in [0.5, 0.6) is 5.75 Å². The minimum atomic E-state index is -3.99. The van der Waals surface area contributed by atoms with E-state index in [1.165, 1.54) is 19.2 Å². The third kappa shape index (κ3) is 3.10. The summed E-state index contributed by atoms with van der Waals surface area (Å²) in [6.07, 6.45) is 0.292. The van der Waals surface area contributed by atoms with E-state index in [1.54, 1.807) is 26.0 Å². The van der Waals surface area contributed by atoms with Gasteiger partial charge < -0.3 is 9.84 Å². The maximum absolute atomic E-state index is 12.4. The van der Waals surface area contributed by atoms with Crippen molar-refractivity contribution >= 4 is 16.0 Å². The van der Waals surface area contributed by atoms with Gasteiger partial charge in [0.2, 0.25) is 10.0 Å². The molecule has 6 nitrogen and oxygen atoms in total. The predicted molar refractivity (Wildman–Crippen MR) is 74.3 cm³/mol. The number of carboxylic acid groups (broad SMARTS) is 1. The quantitative estimate of drug-likeness (QED) is 0.798. The summed E-state index contributed by atoms with van der Waals surface area (Å²) in [6.45, 7) is 3.25. The van der Waals surface area contributed by atoms with E-state index in [9.17, 15) is 18.3 Å². The Morgan fingerprint density at radius 1 is 1.30 bits per heavy atom. The van der Waals surface area contributed by atoms with Crippen molar-refractivity contribution in [3.63, 3.8) is 0 Å². The van der Waals surface area contributed by atoms with Crippen molar-refractivity contribution in [3.8, 4) is 5.75 Å². The summed E-state index contributed by atoms with van der Waals surface area (Å²) in [4.78, 5) is 11.3. The fraction of sp³-hybridized carbons (Fsp3) is 0.462. The van der Waals surface area contributed by atoms with Gasteiger partial charge in [0, 0.05) is 0 Å². The van der Waals surface area contributed by atoms with Gasteiger partial charge in [-0.2, -0.15) is 4.72 Å². The summed E-state index contributed by atoms with van der Waals surface area (Å²) in [7, 11) is -2.63. The van der Waals surface area contributed by atoms with Gasteiger partial charge in [-0.3, -0.25) is 4.79 Å². The van der Waals surface area contributed by atoms with Crippen molar-refractivity contribution < 1.29 is 23.1 Å². The number of para-hydroxylation sites is 1. The number of methoxy groups -OCH3 is 1. The summed E-state index contributed by atoms with van der Waals surface area (Å²) >= 11 is 0. The molecule has 0 spiro atoms. The van der Waals surface area contributed by atoms with Crippen LogP contribution in [0.2, 0.25) is 0 Å². The molecular formula is C13H19NO5S. The van der Waals surface area contributed by atoms with Gasteiger partial charge in [-0.15, -0.1) is 0 Å². The van der Waals surface area contributed by atoms with E-state index in [0.29, 0.717) is 0 Å². The molecule has 0 aromatic heterocycles. The molecule has 0 aliphatic carbocycles. The van der Waals surface area contributed by atoms with Crippen LogP contribution in [0.1, 0.15) is 26.7 Å². The van der Waals surface area contributed by atoms with Crippen molar-refractivity contribution in [2.45, 2.75) is 37.1 Å². The van der Waals surface area contributed by atoms with Gasteiger partial charge in [-0.1, -0.05) is 26.0 Å². The molecule has 0 bridgehead atoms. The highest BCUT2D eigenvalue weighted by atomic mass is 32.2. The third-order valence-electron chi connectivity index (χ3n) is 3.30. The van der Waals surface area contributed by atoms with Gasteiger partial charge in [0.05, 0.1) is 7.11 Å². The lowest BCUT2D eigenvalue weighted by Gasteiger charge is -2.27. The molecule has 0 saturated heterocycles. The molecule has 1 rings (SSSR count). The molecule has 0 amide bonds. The molecular weight excluding hydrogens is 282 g/mol. The monoisotopic (exact) mass is 301 g/mol. The second-order valence-electron chi connectivity index (χ2n) is 4.35. The number of carbonyl (C=O) groups is 1. The molecule has 112 valence electrons. The van der Waals surface area contributed by atoms with Crippen molar-refractivity contribution in [3.05, 3.63) is 24.3 Å². The highest BCUT2D eigenvalue weighted by molar-refractivity contribution is 7.89. The van der Waals surface area contributed by atoms with E-state index in [4.69, 9.17) is 4.74 Å². The highest BCUT2D eigenvalue weighted by Crippen LogP contribution is 2.26. The normalized spacial score (nSPS) is 12.2. The van der Waals surface area contributed by atoms with E-state index in [1.807, 2.05) is 0 Å². The minimum Gasteiger partial charge on any atom is -0.495 e. The molecule has 0 fully saturated rings. The van der Waals surface area contributed by atoms with Crippen LogP contribution in [0.25, 0.3) is 0 Å². The summed E-state index contributed by atoms with van der Waals surface area (Å²) < 4.78 is 32.1. The largest absolute Gasteiger partial charge is 0.495 e. The Kier molecular flexibility index (Phi) is 5.13. The van der Waals surface area contributed by atoms with E-state index >= 15 is 0 Å². The lowest BCUT2D eigenvalue weighted by molar-refractivity contribution is -0.144. The first-order valence-corrected chi connectivity index (χ1v) is 7.71. The number of hydrogen-bond acceptors (Lipinski definition) is 4. The maximum Gasteiger partial charge on any atom is 0.324 e. The zero-order valence-corrected chi connectivity index (χ0v) is 12.5. The number of nitrogens with one attached hydrogen (secondary N) is 1. The molecule has 2 N–H and O–H groups in total. The van der Waals surface area contributed by atoms with Crippen LogP contribution < -0.4 is 9.46 Å². The van der Waals surface area contributed by atoms with Gasteiger partial charge in [0.15, 0.2) is 0 Å². The predicted octanol–water partition coefficient (Wildman–Crippen LogP) is 1.62. The zero-order valence-electron chi connectivity index (χ0n) is 11.7. The molecule has 20 heavy (non-hydrogen) atoms. The summed E-state index contributed by atoms with van der Waals surface area (Å²) in [5, 5.41) is 9.30. The van der Waals surface area contributed by atoms with Crippen molar-refractivity contribution in [2.24, 2.45) is 0 Å². The first-order valence-electron chi connectivity index (χ1n) is 6.23. The standard InChI is InChI=1S/C13H19NO5S/c1-4-13(5-2,12(15)16)14-20(17,18)11-9-7-6-8-10(11)19-3/h6-9,14H,4-5H2,1-3H3,(H,15,16). The van der Waals surface area contributed by atoms with E-state index < -0.39 is 21.5 Å². The van der Waals surface area contributed by atoms with Crippen LogP contribution >= 0.6 is 0 Å². The number of ether oxygens (including phenoxy) is 1. The Balaban J connectivity index is 3.27. The van der Waals surface area contributed by atoms with Crippen LogP contribution in [0.4, 0.5) is 0 Å². The Hall–Kier alpha value is -1.60. The molecule has 7 heteroatoms. The van der Waals surface area contributed by atoms with E-state index in [0.717, 1.165) is 0 Å². The molecule has 0 aliphatic rings. The maximum atomic E-state index is 12.4.